The van der Waals surface area contributed by atoms with E-state index in [4.69, 9.17) is 10.5 Å². The van der Waals surface area contributed by atoms with Gasteiger partial charge in [-0.1, -0.05) is 72.8 Å². The van der Waals surface area contributed by atoms with Gasteiger partial charge in [0, 0.05) is 83.0 Å². The van der Waals surface area contributed by atoms with Crippen LogP contribution in [0, 0.1) is 0 Å². The Bertz CT molecular complexity index is 3320. The highest BCUT2D eigenvalue weighted by atomic mass is 32.2. The molecule has 2 aromatic heterocycles. The third-order valence-corrected chi connectivity index (χ3v) is 19.0. The van der Waals surface area contributed by atoms with Crippen molar-refractivity contribution in [3.63, 3.8) is 0 Å². The zero-order chi connectivity index (χ0) is 58.8. The van der Waals surface area contributed by atoms with Crippen LogP contribution in [-0.4, -0.2) is 73.7 Å². The number of carbonyl (C=O) groups excluding carboxylic acids is 3. The largest absolute Gasteiger partial charge is 0.444 e. The number of nitrogens with zero attached hydrogens (tertiary/aromatic N) is 2. The lowest BCUT2D eigenvalue weighted by molar-refractivity contribution is 0.0491. The molecule has 6 aromatic rings. The van der Waals surface area contributed by atoms with Gasteiger partial charge in [-0.15, -0.1) is 22.7 Å². The molecule has 2 fully saturated rings. The molecular weight excluding hydrogens is 1100 g/mol. The SMILES string of the molecule is CC(C)(C)NS(=O)(=O)c1cc(NC(=O)NCc2ccccc2)ccc1-c1cnc(C2CCC(N)CC2)s1.CC(C)(C)NS(=O)(=O)c1cc(NC(=O)NCc2ccccc2)ccc1-c1cnc(C2CCC(NC(=O)OC(C)(C)C)CC2)s1. The van der Waals surface area contributed by atoms with Crippen molar-refractivity contribution in [2.45, 2.75) is 177 Å². The molecule has 0 bridgehead atoms. The van der Waals surface area contributed by atoms with Gasteiger partial charge in [0.15, 0.2) is 0 Å². The molecule has 0 atom stereocenters. The normalized spacial score (nSPS) is 17.9. The van der Waals surface area contributed by atoms with Gasteiger partial charge in [0.1, 0.15) is 5.60 Å². The van der Waals surface area contributed by atoms with Crippen molar-refractivity contribution in [2.24, 2.45) is 5.73 Å². The zero-order valence-corrected chi connectivity index (χ0v) is 50.9. The second-order valence-corrected chi connectivity index (χ2v) is 29.1. The molecule has 0 aliphatic heterocycles. The monoisotopic (exact) mass is 1180 g/mol. The summed E-state index contributed by atoms with van der Waals surface area (Å²) in [6.45, 7) is 16.9. The van der Waals surface area contributed by atoms with Crippen LogP contribution >= 0.6 is 22.7 Å². The molecule has 0 spiro atoms. The highest BCUT2D eigenvalue weighted by Crippen LogP contribution is 2.42. The number of rotatable bonds is 15. The number of hydrogen-bond acceptors (Lipinski definition) is 13. The van der Waals surface area contributed by atoms with Gasteiger partial charge in [-0.25, -0.2) is 50.6 Å². The molecule has 18 nitrogen and oxygen atoms in total. The molecule has 2 aliphatic carbocycles. The molecular formula is C59H78N10O8S4. The molecule has 0 saturated heterocycles. The molecule has 4 aromatic carbocycles. The van der Waals surface area contributed by atoms with E-state index in [2.05, 4.69) is 46.0 Å². The number of alkyl carbamates (subject to hydrolysis) is 1. The van der Waals surface area contributed by atoms with Crippen molar-refractivity contribution in [3.05, 3.63) is 131 Å². The van der Waals surface area contributed by atoms with Crippen LogP contribution in [0.25, 0.3) is 20.9 Å². The fourth-order valence-electron chi connectivity index (χ4n) is 9.40. The fraction of sp³-hybridized carbons (Fsp3) is 0.441. The van der Waals surface area contributed by atoms with Gasteiger partial charge >= 0.3 is 18.2 Å². The molecule has 2 saturated carbocycles. The number of ether oxygens (including phenoxy) is 1. The minimum atomic E-state index is -3.95. The molecule has 2 aliphatic rings. The number of thiazole rings is 2. The lowest BCUT2D eigenvalue weighted by Gasteiger charge is -2.29. The first-order chi connectivity index (χ1) is 38.1. The third kappa shape index (κ3) is 19.2. The maximum Gasteiger partial charge on any atom is 0.407 e. The molecule has 22 heteroatoms. The Balaban J connectivity index is 0.000000237. The van der Waals surface area contributed by atoms with E-state index in [0.29, 0.717) is 41.5 Å². The molecule has 0 unspecified atom stereocenters. The van der Waals surface area contributed by atoms with Crippen molar-refractivity contribution < 1.29 is 36.0 Å². The van der Waals surface area contributed by atoms with Crippen LogP contribution in [0.3, 0.4) is 0 Å². The minimum absolute atomic E-state index is 0.0469. The molecule has 81 heavy (non-hydrogen) atoms. The van der Waals surface area contributed by atoms with Crippen molar-refractivity contribution >= 4 is 72.3 Å². The first-order valence-electron chi connectivity index (χ1n) is 27.3. The summed E-state index contributed by atoms with van der Waals surface area (Å²) in [5, 5.41) is 16.0. The molecule has 0 radical (unpaired) electrons. The number of amides is 5. The van der Waals surface area contributed by atoms with Gasteiger partial charge in [0.05, 0.1) is 29.6 Å². The van der Waals surface area contributed by atoms with Crippen LogP contribution < -0.4 is 41.8 Å². The van der Waals surface area contributed by atoms with Crippen LogP contribution in [0.4, 0.5) is 25.8 Å². The van der Waals surface area contributed by atoms with E-state index < -0.39 is 54.9 Å². The van der Waals surface area contributed by atoms with Gasteiger partial charge < -0.3 is 37.1 Å². The van der Waals surface area contributed by atoms with Crippen molar-refractivity contribution in [3.8, 4) is 20.9 Å². The first kappa shape index (κ1) is 62.3. The summed E-state index contributed by atoms with van der Waals surface area (Å²) in [6.07, 6.45) is 10.3. The van der Waals surface area contributed by atoms with Gasteiger partial charge in [0.2, 0.25) is 20.0 Å². The summed E-state index contributed by atoms with van der Waals surface area (Å²) in [6, 6.07) is 28.4. The van der Waals surface area contributed by atoms with Gasteiger partial charge in [-0.05, 0) is 149 Å². The summed E-state index contributed by atoms with van der Waals surface area (Å²) < 4.78 is 65.0. The minimum Gasteiger partial charge on any atom is -0.444 e. The molecule has 436 valence electrons. The molecule has 8 rings (SSSR count). The van der Waals surface area contributed by atoms with Crippen molar-refractivity contribution in [2.75, 3.05) is 10.6 Å². The maximum absolute atomic E-state index is 13.6. The summed E-state index contributed by atoms with van der Waals surface area (Å²) >= 11 is 3.00. The average Bonchev–Trinajstić information content (AvgIpc) is 4.11. The van der Waals surface area contributed by atoms with E-state index in [1.165, 1.54) is 34.8 Å². The fourth-order valence-corrected chi connectivity index (χ4v) is 15.1. The summed E-state index contributed by atoms with van der Waals surface area (Å²) in [4.78, 5) is 48.3. The number of nitrogens with one attached hydrogen (secondary N) is 7. The number of nitrogens with two attached hydrogens (primary N) is 1. The van der Waals surface area contributed by atoms with Gasteiger partial charge in [-0.2, -0.15) is 0 Å². The zero-order valence-electron chi connectivity index (χ0n) is 47.6. The average molecular weight is 1180 g/mol. The Morgan fingerprint density at radius 3 is 1.35 bits per heavy atom. The van der Waals surface area contributed by atoms with Crippen LogP contribution in [-0.2, 0) is 37.9 Å². The van der Waals surface area contributed by atoms with Crippen LogP contribution in [0.5, 0.6) is 0 Å². The lowest BCUT2D eigenvalue weighted by Crippen LogP contribution is -2.40. The van der Waals surface area contributed by atoms with E-state index in [0.717, 1.165) is 82.3 Å². The van der Waals surface area contributed by atoms with E-state index in [1.54, 1.807) is 78.2 Å². The number of urea groups is 2. The van der Waals surface area contributed by atoms with E-state index >= 15 is 0 Å². The number of sulfonamides is 2. The second-order valence-electron chi connectivity index (χ2n) is 23.7. The van der Waals surface area contributed by atoms with Crippen molar-refractivity contribution in [1.29, 1.82) is 0 Å². The summed E-state index contributed by atoms with van der Waals surface area (Å²) in [7, 11) is -7.85. The van der Waals surface area contributed by atoms with Gasteiger partial charge in [-0.3, -0.25) is 0 Å². The van der Waals surface area contributed by atoms with E-state index in [9.17, 15) is 31.2 Å². The standard InChI is InChI=1S/C32H43N5O5S2.C27H35N5O3S2/c1-31(2,3)37-44(40,41)27-18-24(35-29(38)34-19-21-10-8-7-9-11-21)16-17-25(27)26-20-33-28(43-26)22-12-14-23(15-13-22)36-30(39)42-32(4,5)6;1-27(2,3)32-37(34,35)24-15-21(31-26(33)30-16-18-7-5-4-6-8-18)13-14-22(24)23-17-29-25(36-23)19-9-11-20(28)12-10-19/h7-11,16-18,20,22-23,37H,12-15,19H2,1-6H3,(H,36,39)(H2,34,35,38);4-8,13-15,17,19-20,32H,9-12,16,28H2,1-3H3,(H2,30,31,33). The Kier molecular flexibility index (Phi) is 20.6. The first-order valence-corrected chi connectivity index (χ1v) is 31.9. The van der Waals surface area contributed by atoms with Crippen LogP contribution in [0.2, 0.25) is 0 Å². The Morgan fingerprint density at radius 1 is 0.568 bits per heavy atom. The number of aromatic nitrogens is 2. The van der Waals surface area contributed by atoms with Gasteiger partial charge in [0.25, 0.3) is 0 Å². The lowest BCUT2D eigenvalue weighted by atomic mass is 9.86. The topological polar surface area (TPSA) is 265 Å². The summed E-state index contributed by atoms with van der Waals surface area (Å²) in [5.41, 5.74) is 7.86. The number of hydrogen-bond donors (Lipinski definition) is 8. The number of benzene rings is 4. The highest BCUT2D eigenvalue weighted by molar-refractivity contribution is 7.90. The Hall–Kier alpha value is -6.27. The third-order valence-electron chi connectivity index (χ3n) is 13.0. The Morgan fingerprint density at radius 2 is 0.963 bits per heavy atom. The Labute approximate surface area is 485 Å². The van der Waals surface area contributed by atoms with Crippen molar-refractivity contribution in [1.82, 2.24) is 35.4 Å². The van der Waals surface area contributed by atoms with Crippen LogP contribution in [0.15, 0.2) is 119 Å². The summed E-state index contributed by atoms with van der Waals surface area (Å²) in [5.74, 6) is 0.563. The van der Waals surface area contributed by atoms with E-state index in [-0.39, 0.29) is 27.8 Å². The molecule has 2 heterocycles. The molecule has 5 amide bonds. The second kappa shape index (κ2) is 26.8. The van der Waals surface area contributed by atoms with E-state index in [1.807, 2.05) is 81.4 Å². The number of anilines is 2. The highest BCUT2D eigenvalue weighted by Gasteiger charge is 2.31. The number of carbonyl (C=O) groups is 3. The maximum atomic E-state index is 13.6. The van der Waals surface area contributed by atoms with Crippen LogP contribution in [0.1, 0.15) is 147 Å². The smallest absolute Gasteiger partial charge is 0.407 e. The predicted octanol–water partition coefficient (Wildman–Crippen LogP) is 12.0. The predicted molar refractivity (Wildman–Crippen MR) is 323 cm³/mol. The molecule has 9 N–H and O–H groups in total. The quantitative estimate of drug-likeness (QED) is 0.0479.